The van der Waals surface area contributed by atoms with Crippen LogP contribution >= 0.6 is 7.60 Å². The molecule has 1 aliphatic heterocycles. The van der Waals surface area contributed by atoms with Crippen LogP contribution in [-0.4, -0.2) is 75.9 Å². The minimum Gasteiger partial charge on any atom is -0.387 e. The molecule has 1 aromatic heterocycles. The lowest BCUT2D eigenvalue weighted by Crippen LogP contribution is -2.43. The Bertz CT molecular complexity index is 969. The molecule has 1 fully saturated rings. The molecule has 1 saturated heterocycles. The van der Waals surface area contributed by atoms with Gasteiger partial charge in [-0.15, -0.1) is 0 Å². The molecule has 1 aromatic rings. The van der Waals surface area contributed by atoms with Crippen molar-refractivity contribution in [3.05, 3.63) is 33.1 Å². The number of rotatable bonds is 12. The van der Waals surface area contributed by atoms with Crippen LogP contribution in [0.4, 0.5) is 0 Å². The van der Waals surface area contributed by atoms with Gasteiger partial charge in [0, 0.05) is 25.2 Å². The Morgan fingerprint density at radius 1 is 1.18 bits per heavy atom. The van der Waals surface area contributed by atoms with Crippen molar-refractivity contribution in [1.82, 2.24) is 20.2 Å². The van der Waals surface area contributed by atoms with Crippen LogP contribution in [-0.2, 0) is 27.9 Å². The van der Waals surface area contributed by atoms with Crippen molar-refractivity contribution in [1.29, 1.82) is 0 Å². The third-order valence-corrected chi connectivity index (χ3v) is 6.47. The lowest BCUT2D eigenvalue weighted by molar-refractivity contribution is -0.138. The van der Waals surface area contributed by atoms with Gasteiger partial charge in [-0.3, -0.25) is 28.5 Å². The second-order valence-electron chi connectivity index (χ2n) is 7.04. The first-order valence-corrected chi connectivity index (χ1v) is 12.1. The van der Waals surface area contributed by atoms with Gasteiger partial charge in [-0.1, -0.05) is 0 Å². The third kappa shape index (κ3) is 7.32. The summed E-state index contributed by atoms with van der Waals surface area (Å²) >= 11 is 0. The Labute approximate surface area is 188 Å². The molecular weight excluding hydrogens is 463 g/mol. The molecule has 15 heteroatoms. The van der Waals surface area contributed by atoms with Crippen LogP contribution in [0.2, 0.25) is 0 Å². The molecule has 0 radical (unpaired) electrons. The highest BCUT2D eigenvalue weighted by molar-refractivity contribution is 7.53. The first-order valence-electron chi connectivity index (χ1n) is 10.4. The number of amides is 2. The molecule has 0 unspecified atom stereocenters. The van der Waals surface area contributed by atoms with Gasteiger partial charge in [0.05, 0.1) is 13.2 Å². The second-order valence-corrected chi connectivity index (χ2v) is 9.10. The maximum absolute atomic E-state index is 12.3. The number of hydrogen-bond acceptors (Lipinski definition) is 10. The fourth-order valence-electron chi connectivity index (χ4n) is 3.09. The van der Waals surface area contributed by atoms with E-state index in [0.717, 1.165) is 16.8 Å². The average molecular weight is 492 g/mol. The van der Waals surface area contributed by atoms with Crippen LogP contribution in [0, 0.1) is 0 Å². The van der Waals surface area contributed by atoms with E-state index in [1.165, 1.54) is 0 Å². The summed E-state index contributed by atoms with van der Waals surface area (Å²) in [6, 6.07) is 1.03. The van der Waals surface area contributed by atoms with Crippen molar-refractivity contribution in [3.8, 4) is 0 Å². The number of hydrogen-bond donors (Lipinski definition) is 5. The molecule has 186 valence electrons. The van der Waals surface area contributed by atoms with Crippen molar-refractivity contribution in [3.63, 3.8) is 0 Å². The van der Waals surface area contributed by atoms with Crippen molar-refractivity contribution in [2.45, 2.75) is 51.2 Å². The smallest absolute Gasteiger partial charge is 0.349 e. The molecule has 5 N–H and O–H groups in total. The monoisotopic (exact) mass is 492 g/mol. The van der Waals surface area contributed by atoms with Crippen LogP contribution in [0.15, 0.2) is 21.9 Å². The van der Waals surface area contributed by atoms with Gasteiger partial charge in [0.15, 0.2) is 12.3 Å². The fourth-order valence-corrected chi connectivity index (χ4v) is 4.50. The number of ether oxygens (including phenoxy) is 1. The number of aliphatic hydroxyl groups is 2. The molecule has 2 amide bonds. The number of aliphatic hydroxyl groups excluding tert-OH is 2. The number of H-pyrrole nitrogens is 1. The van der Waals surface area contributed by atoms with Crippen molar-refractivity contribution < 1.29 is 38.2 Å². The van der Waals surface area contributed by atoms with Crippen molar-refractivity contribution in [2.75, 3.05) is 26.0 Å². The number of carbonyl (C=O) groups excluding carboxylic acids is 2. The Balaban J connectivity index is 1.80. The normalized spacial score (nSPS) is 22.8. The first-order chi connectivity index (χ1) is 15.6. The number of carbonyl (C=O) groups is 2. The summed E-state index contributed by atoms with van der Waals surface area (Å²) < 4.78 is 28.6. The first kappa shape index (κ1) is 26.9. The van der Waals surface area contributed by atoms with E-state index in [1.54, 1.807) is 13.8 Å². The topological polar surface area (TPSA) is 198 Å². The van der Waals surface area contributed by atoms with Gasteiger partial charge in [0.2, 0.25) is 5.91 Å². The van der Waals surface area contributed by atoms with Crippen LogP contribution in [0.1, 0.15) is 32.9 Å². The maximum Gasteiger partial charge on any atom is 0.349 e. The van der Waals surface area contributed by atoms with Gasteiger partial charge in [-0.05, 0) is 20.3 Å². The molecule has 33 heavy (non-hydrogen) atoms. The summed E-state index contributed by atoms with van der Waals surface area (Å²) in [4.78, 5) is 49.3. The second kappa shape index (κ2) is 12.2. The molecule has 1 aliphatic rings. The molecule has 14 nitrogen and oxygen atoms in total. The highest BCUT2D eigenvalue weighted by Crippen LogP contribution is 2.46. The van der Waals surface area contributed by atoms with E-state index in [0.29, 0.717) is 0 Å². The lowest BCUT2D eigenvalue weighted by atomic mass is 10.1. The highest BCUT2D eigenvalue weighted by Gasteiger charge is 2.47. The molecule has 0 aromatic carbocycles. The molecule has 2 heterocycles. The summed E-state index contributed by atoms with van der Waals surface area (Å²) in [5.41, 5.74) is -1.52. The molecule has 0 bridgehead atoms. The van der Waals surface area contributed by atoms with E-state index >= 15 is 0 Å². The van der Waals surface area contributed by atoms with Gasteiger partial charge in [-0.2, -0.15) is 0 Å². The SMILES string of the molecule is CCOP(=O)(CNC(=O)CCCNC(=O)[C@H]1O[C@@H](n2ccc(=O)[nH]c2=O)[C@H](O)[C@@H]1O)OCC. The summed E-state index contributed by atoms with van der Waals surface area (Å²) in [6.45, 7) is 3.69. The standard InChI is InChI=1S/C18H29N4O10P/c1-3-30-33(29,31-4-2)10-20-11(23)6-5-8-19-16(27)15-13(25)14(26)17(32-15)22-9-7-12(24)21-18(22)28/h7,9,13-15,17,25-26H,3-6,8,10H2,1-2H3,(H,19,27)(H,20,23)(H,21,24,28)/t13-,14+,15-,17+/m0/s1. The van der Waals surface area contributed by atoms with E-state index < -0.39 is 55.2 Å². The van der Waals surface area contributed by atoms with E-state index in [4.69, 9.17) is 13.8 Å². The summed E-state index contributed by atoms with van der Waals surface area (Å²) in [7, 11) is -3.41. The van der Waals surface area contributed by atoms with Gasteiger partial charge >= 0.3 is 13.3 Å². The lowest BCUT2D eigenvalue weighted by Gasteiger charge is -2.17. The Morgan fingerprint density at radius 3 is 2.45 bits per heavy atom. The Morgan fingerprint density at radius 2 is 1.85 bits per heavy atom. The van der Waals surface area contributed by atoms with Gasteiger partial charge < -0.3 is 34.6 Å². The molecule has 0 saturated carbocycles. The van der Waals surface area contributed by atoms with E-state index in [9.17, 15) is 34.0 Å². The number of nitrogens with zero attached hydrogens (tertiary/aromatic N) is 1. The fraction of sp³-hybridized carbons (Fsp3) is 0.667. The minimum atomic E-state index is -3.41. The van der Waals surface area contributed by atoms with Crippen LogP contribution < -0.4 is 21.9 Å². The third-order valence-electron chi connectivity index (χ3n) is 4.62. The van der Waals surface area contributed by atoms with Crippen LogP contribution in [0.3, 0.4) is 0 Å². The van der Waals surface area contributed by atoms with Gasteiger partial charge in [0.1, 0.15) is 18.5 Å². The maximum atomic E-state index is 12.3. The van der Waals surface area contributed by atoms with E-state index in [-0.39, 0.29) is 38.9 Å². The Hall–Kier alpha value is -2.35. The van der Waals surface area contributed by atoms with Crippen molar-refractivity contribution >= 4 is 19.4 Å². The quantitative estimate of drug-likeness (QED) is 0.167. The largest absolute Gasteiger partial charge is 0.387 e. The van der Waals surface area contributed by atoms with E-state index in [1.807, 2.05) is 4.98 Å². The highest BCUT2D eigenvalue weighted by atomic mass is 31.2. The van der Waals surface area contributed by atoms with Gasteiger partial charge in [-0.25, -0.2) is 4.79 Å². The zero-order valence-corrected chi connectivity index (χ0v) is 19.2. The minimum absolute atomic E-state index is 0.00459. The summed E-state index contributed by atoms with van der Waals surface area (Å²) in [5.74, 6) is -1.17. The zero-order chi connectivity index (χ0) is 24.6. The summed E-state index contributed by atoms with van der Waals surface area (Å²) in [5, 5.41) is 25.2. The van der Waals surface area contributed by atoms with Crippen LogP contribution in [0.5, 0.6) is 0 Å². The molecule has 0 aliphatic carbocycles. The molecule has 4 atom stereocenters. The zero-order valence-electron chi connectivity index (χ0n) is 18.3. The number of aromatic amines is 1. The molecule has 0 spiro atoms. The van der Waals surface area contributed by atoms with Gasteiger partial charge in [0.25, 0.3) is 11.5 Å². The molecule has 2 rings (SSSR count). The summed E-state index contributed by atoms with van der Waals surface area (Å²) in [6.07, 6.45) is -5.03. The molecular formula is C18H29N4O10P. The van der Waals surface area contributed by atoms with E-state index in [2.05, 4.69) is 10.6 Å². The predicted molar refractivity (Wildman–Crippen MR) is 113 cm³/mol. The predicted octanol–water partition coefficient (Wildman–Crippen LogP) is -1.61. The Kier molecular flexibility index (Phi) is 9.95. The van der Waals surface area contributed by atoms with Crippen molar-refractivity contribution in [2.24, 2.45) is 0 Å². The van der Waals surface area contributed by atoms with Crippen LogP contribution in [0.25, 0.3) is 0 Å². The average Bonchev–Trinajstić information content (AvgIpc) is 3.05. The number of aromatic nitrogens is 2. The number of nitrogens with one attached hydrogen (secondary N) is 3.